The molecule has 0 aromatic heterocycles. The summed E-state index contributed by atoms with van der Waals surface area (Å²) in [7, 11) is 0. The molecule has 1 aromatic carbocycles. The van der Waals surface area contributed by atoms with Gasteiger partial charge in [0, 0.05) is 10.5 Å². The van der Waals surface area contributed by atoms with Crippen molar-refractivity contribution in [3.63, 3.8) is 0 Å². The SMILES string of the molecule is C/C=C/C(=O)OCCOc1cccc(Br)c1. The molecule has 0 bridgehead atoms. The zero-order chi connectivity index (χ0) is 11.8. The fourth-order valence-corrected chi connectivity index (χ4v) is 1.42. The van der Waals surface area contributed by atoms with Crippen LogP contribution in [0.5, 0.6) is 5.75 Å². The molecular weight excluding hydrogens is 272 g/mol. The molecule has 86 valence electrons. The lowest BCUT2D eigenvalue weighted by Gasteiger charge is -2.06. The van der Waals surface area contributed by atoms with E-state index in [-0.39, 0.29) is 12.6 Å². The summed E-state index contributed by atoms with van der Waals surface area (Å²) in [6, 6.07) is 7.50. The van der Waals surface area contributed by atoms with E-state index in [0.717, 1.165) is 10.2 Å². The lowest BCUT2D eigenvalue weighted by atomic mass is 10.3. The number of ether oxygens (including phenoxy) is 2. The molecule has 16 heavy (non-hydrogen) atoms. The molecule has 0 unspecified atom stereocenters. The molecule has 0 atom stereocenters. The maximum Gasteiger partial charge on any atom is 0.330 e. The van der Waals surface area contributed by atoms with Gasteiger partial charge in [-0.25, -0.2) is 4.79 Å². The van der Waals surface area contributed by atoms with Crippen LogP contribution in [0, 0.1) is 0 Å². The van der Waals surface area contributed by atoms with E-state index in [9.17, 15) is 4.79 Å². The van der Waals surface area contributed by atoms with Gasteiger partial charge in [-0.3, -0.25) is 0 Å². The number of esters is 1. The predicted octanol–water partition coefficient (Wildman–Crippen LogP) is 2.95. The minimum Gasteiger partial charge on any atom is -0.490 e. The van der Waals surface area contributed by atoms with E-state index < -0.39 is 0 Å². The van der Waals surface area contributed by atoms with Gasteiger partial charge in [-0.15, -0.1) is 0 Å². The van der Waals surface area contributed by atoms with Crippen LogP contribution in [0.25, 0.3) is 0 Å². The highest BCUT2D eigenvalue weighted by molar-refractivity contribution is 9.10. The Morgan fingerprint density at radius 3 is 2.94 bits per heavy atom. The first-order valence-electron chi connectivity index (χ1n) is 4.90. The summed E-state index contributed by atoms with van der Waals surface area (Å²) in [6.45, 7) is 2.36. The van der Waals surface area contributed by atoms with E-state index in [4.69, 9.17) is 9.47 Å². The van der Waals surface area contributed by atoms with Crippen molar-refractivity contribution in [1.82, 2.24) is 0 Å². The summed E-state index contributed by atoms with van der Waals surface area (Å²) in [5.41, 5.74) is 0. The first-order valence-corrected chi connectivity index (χ1v) is 5.69. The van der Waals surface area contributed by atoms with E-state index >= 15 is 0 Å². The lowest BCUT2D eigenvalue weighted by Crippen LogP contribution is -2.10. The molecule has 0 heterocycles. The lowest BCUT2D eigenvalue weighted by molar-refractivity contribution is -0.138. The van der Waals surface area contributed by atoms with Gasteiger partial charge in [-0.1, -0.05) is 28.1 Å². The van der Waals surface area contributed by atoms with Gasteiger partial charge in [0.1, 0.15) is 19.0 Å². The van der Waals surface area contributed by atoms with Gasteiger partial charge in [-0.2, -0.15) is 0 Å². The first kappa shape index (κ1) is 12.8. The van der Waals surface area contributed by atoms with Crippen LogP contribution in [-0.2, 0) is 9.53 Å². The fourth-order valence-electron chi connectivity index (χ4n) is 1.04. The average Bonchev–Trinajstić information content (AvgIpc) is 2.25. The fraction of sp³-hybridized carbons (Fsp3) is 0.250. The topological polar surface area (TPSA) is 35.5 Å². The Kier molecular flexibility index (Phi) is 5.64. The highest BCUT2D eigenvalue weighted by Crippen LogP contribution is 2.17. The predicted molar refractivity (Wildman–Crippen MR) is 65.4 cm³/mol. The number of rotatable bonds is 5. The quantitative estimate of drug-likeness (QED) is 0.474. The Bertz CT molecular complexity index is 374. The van der Waals surface area contributed by atoms with Crippen molar-refractivity contribution in [1.29, 1.82) is 0 Å². The maximum absolute atomic E-state index is 10.9. The maximum atomic E-state index is 10.9. The van der Waals surface area contributed by atoms with Crippen LogP contribution < -0.4 is 4.74 Å². The molecular formula is C12H13BrO3. The summed E-state index contributed by atoms with van der Waals surface area (Å²) >= 11 is 3.34. The normalized spacial score (nSPS) is 10.4. The van der Waals surface area contributed by atoms with Crippen molar-refractivity contribution in [2.45, 2.75) is 6.92 Å². The molecule has 0 fully saturated rings. The van der Waals surface area contributed by atoms with Crippen molar-refractivity contribution in [2.75, 3.05) is 13.2 Å². The van der Waals surface area contributed by atoms with E-state index in [0.29, 0.717) is 6.61 Å². The average molecular weight is 285 g/mol. The summed E-state index contributed by atoms with van der Waals surface area (Å²) in [4.78, 5) is 10.9. The van der Waals surface area contributed by atoms with E-state index in [2.05, 4.69) is 15.9 Å². The zero-order valence-electron chi connectivity index (χ0n) is 8.98. The van der Waals surface area contributed by atoms with Gasteiger partial charge in [0.25, 0.3) is 0 Å². The van der Waals surface area contributed by atoms with Crippen LogP contribution in [0.4, 0.5) is 0 Å². The summed E-state index contributed by atoms with van der Waals surface area (Å²) in [5.74, 6) is 0.400. The van der Waals surface area contributed by atoms with Gasteiger partial charge in [0.15, 0.2) is 0 Å². The molecule has 0 saturated carbocycles. The summed E-state index contributed by atoms with van der Waals surface area (Å²) < 4.78 is 11.2. The van der Waals surface area contributed by atoms with E-state index in [1.54, 1.807) is 13.0 Å². The zero-order valence-corrected chi connectivity index (χ0v) is 10.6. The molecule has 0 aliphatic rings. The van der Waals surface area contributed by atoms with Crippen molar-refractivity contribution in [3.05, 3.63) is 40.9 Å². The van der Waals surface area contributed by atoms with Crippen LogP contribution in [0.15, 0.2) is 40.9 Å². The molecule has 3 nitrogen and oxygen atoms in total. The second-order valence-electron chi connectivity index (χ2n) is 2.97. The molecule has 4 heteroatoms. The van der Waals surface area contributed by atoms with Gasteiger partial charge >= 0.3 is 5.97 Å². The van der Waals surface area contributed by atoms with Crippen molar-refractivity contribution in [2.24, 2.45) is 0 Å². The second-order valence-corrected chi connectivity index (χ2v) is 3.89. The van der Waals surface area contributed by atoms with Crippen molar-refractivity contribution in [3.8, 4) is 5.75 Å². The van der Waals surface area contributed by atoms with E-state index in [1.165, 1.54) is 6.08 Å². The Balaban J connectivity index is 2.23. The molecule has 1 aromatic rings. The molecule has 0 radical (unpaired) electrons. The van der Waals surface area contributed by atoms with Crippen LogP contribution >= 0.6 is 15.9 Å². The summed E-state index contributed by atoms with van der Waals surface area (Å²) in [6.07, 6.45) is 3.01. The molecule has 1 rings (SSSR count). The monoisotopic (exact) mass is 284 g/mol. The van der Waals surface area contributed by atoms with Crippen molar-refractivity contribution < 1.29 is 14.3 Å². The highest BCUT2D eigenvalue weighted by atomic mass is 79.9. The molecule has 0 N–H and O–H groups in total. The van der Waals surface area contributed by atoms with Crippen molar-refractivity contribution >= 4 is 21.9 Å². The van der Waals surface area contributed by atoms with Gasteiger partial charge < -0.3 is 9.47 Å². The number of benzene rings is 1. The van der Waals surface area contributed by atoms with Gasteiger partial charge in [0.05, 0.1) is 0 Å². The number of allylic oxidation sites excluding steroid dienone is 1. The molecule has 0 aliphatic carbocycles. The Morgan fingerprint density at radius 2 is 2.25 bits per heavy atom. The van der Waals surface area contributed by atoms with Gasteiger partial charge in [-0.05, 0) is 25.1 Å². The number of halogens is 1. The smallest absolute Gasteiger partial charge is 0.330 e. The van der Waals surface area contributed by atoms with Crippen LogP contribution in [-0.4, -0.2) is 19.2 Å². The Labute approximate surface area is 103 Å². The molecule has 0 saturated heterocycles. The number of hydrogen-bond acceptors (Lipinski definition) is 3. The number of carbonyl (C=O) groups is 1. The standard InChI is InChI=1S/C12H13BrO3/c1-2-4-12(14)16-8-7-15-11-6-3-5-10(13)9-11/h2-6,9H,7-8H2,1H3/b4-2+. The Morgan fingerprint density at radius 1 is 1.44 bits per heavy atom. The minimum absolute atomic E-state index is 0.246. The third-order valence-corrected chi connectivity index (χ3v) is 2.19. The highest BCUT2D eigenvalue weighted by Gasteiger charge is 1.97. The Hall–Kier alpha value is -1.29. The summed E-state index contributed by atoms with van der Waals surface area (Å²) in [5, 5.41) is 0. The largest absolute Gasteiger partial charge is 0.490 e. The minimum atomic E-state index is -0.347. The first-order chi connectivity index (χ1) is 7.72. The number of carbonyl (C=O) groups excluding carboxylic acids is 1. The van der Waals surface area contributed by atoms with Crippen LogP contribution in [0.2, 0.25) is 0 Å². The number of hydrogen-bond donors (Lipinski definition) is 0. The second kappa shape index (κ2) is 7.06. The van der Waals surface area contributed by atoms with Crippen LogP contribution in [0.3, 0.4) is 0 Å². The molecule has 0 amide bonds. The van der Waals surface area contributed by atoms with E-state index in [1.807, 2.05) is 24.3 Å². The third kappa shape index (κ3) is 4.98. The molecule has 0 aliphatic heterocycles. The third-order valence-electron chi connectivity index (χ3n) is 1.70. The van der Waals surface area contributed by atoms with Crippen LogP contribution in [0.1, 0.15) is 6.92 Å². The molecule has 0 spiro atoms. The van der Waals surface area contributed by atoms with Gasteiger partial charge in [0.2, 0.25) is 0 Å².